The first kappa shape index (κ1) is 15.3. The number of aliphatic hydroxyl groups excluding tert-OH is 1. The van der Waals surface area contributed by atoms with Gasteiger partial charge in [-0.15, -0.1) is 0 Å². The van der Waals surface area contributed by atoms with Crippen LogP contribution in [0.2, 0.25) is 0 Å². The van der Waals surface area contributed by atoms with Crippen LogP contribution in [0.25, 0.3) is 0 Å². The first-order valence-corrected chi connectivity index (χ1v) is 7.20. The molecule has 1 aromatic carbocycles. The molecule has 1 amide bonds. The quantitative estimate of drug-likeness (QED) is 0.896. The summed E-state index contributed by atoms with van der Waals surface area (Å²) in [5.74, 6) is 0.541. The fourth-order valence-electron chi connectivity index (χ4n) is 2.41. The van der Waals surface area contributed by atoms with Crippen molar-refractivity contribution in [3.8, 4) is 5.75 Å². The Bertz CT molecular complexity index is 507. The van der Waals surface area contributed by atoms with Gasteiger partial charge in [0.1, 0.15) is 5.75 Å². The van der Waals surface area contributed by atoms with Crippen LogP contribution in [0.1, 0.15) is 10.4 Å². The highest BCUT2D eigenvalue weighted by Gasteiger charge is 2.36. The molecule has 5 nitrogen and oxygen atoms in total. The lowest BCUT2D eigenvalue weighted by molar-refractivity contribution is 0.0762. The van der Waals surface area contributed by atoms with Gasteiger partial charge >= 0.3 is 0 Å². The van der Waals surface area contributed by atoms with E-state index in [1.807, 2.05) is 19.0 Å². The summed E-state index contributed by atoms with van der Waals surface area (Å²) < 4.78 is 5.88. The zero-order valence-corrected chi connectivity index (χ0v) is 13.4. The minimum Gasteiger partial charge on any atom is -0.497 e. The number of nitrogens with zero attached hydrogens (tertiary/aromatic N) is 2. The minimum absolute atomic E-state index is 0.0247. The average molecular weight is 343 g/mol. The molecule has 0 aromatic heterocycles. The van der Waals surface area contributed by atoms with Crippen molar-refractivity contribution in [2.24, 2.45) is 0 Å². The van der Waals surface area contributed by atoms with Gasteiger partial charge in [0.2, 0.25) is 0 Å². The van der Waals surface area contributed by atoms with Crippen LogP contribution >= 0.6 is 15.9 Å². The van der Waals surface area contributed by atoms with Crippen molar-refractivity contribution in [3.63, 3.8) is 0 Å². The molecule has 1 aliphatic heterocycles. The van der Waals surface area contributed by atoms with Crippen molar-refractivity contribution in [1.82, 2.24) is 9.80 Å². The zero-order valence-electron chi connectivity index (χ0n) is 11.8. The molecular weight excluding hydrogens is 324 g/mol. The first-order valence-electron chi connectivity index (χ1n) is 6.41. The largest absolute Gasteiger partial charge is 0.497 e. The predicted molar refractivity (Wildman–Crippen MR) is 80.1 cm³/mol. The summed E-state index contributed by atoms with van der Waals surface area (Å²) >= 11 is 3.39. The summed E-state index contributed by atoms with van der Waals surface area (Å²) in [5, 5.41) is 10.0. The number of hydrogen-bond donors (Lipinski definition) is 1. The van der Waals surface area contributed by atoms with Gasteiger partial charge in [0, 0.05) is 17.6 Å². The highest BCUT2D eigenvalue weighted by atomic mass is 79.9. The standard InChI is InChI=1S/C14H19BrN2O3/c1-16(2)12-7-17(8-13(12)18)14(19)10-6-9(20-3)4-5-11(10)15/h4-6,12-13,18H,7-8H2,1-3H3/t12-,13-/m0/s1. The van der Waals surface area contributed by atoms with Crippen LogP contribution in [0.3, 0.4) is 0 Å². The Hall–Kier alpha value is -1.11. The maximum atomic E-state index is 12.6. The number of likely N-dealkylation sites (N-methyl/N-ethyl adjacent to an activating group) is 1. The van der Waals surface area contributed by atoms with E-state index in [2.05, 4.69) is 15.9 Å². The van der Waals surface area contributed by atoms with Gasteiger partial charge in [-0.2, -0.15) is 0 Å². The highest BCUT2D eigenvalue weighted by Crippen LogP contribution is 2.25. The highest BCUT2D eigenvalue weighted by molar-refractivity contribution is 9.10. The fraction of sp³-hybridized carbons (Fsp3) is 0.500. The second-order valence-electron chi connectivity index (χ2n) is 5.15. The third-order valence-corrected chi connectivity index (χ3v) is 4.30. The van der Waals surface area contributed by atoms with Crippen LogP contribution in [-0.4, -0.2) is 67.3 Å². The molecule has 0 saturated carbocycles. The number of likely N-dealkylation sites (tertiary alicyclic amines) is 1. The van der Waals surface area contributed by atoms with E-state index in [4.69, 9.17) is 4.74 Å². The second kappa shape index (κ2) is 6.11. The van der Waals surface area contributed by atoms with E-state index in [-0.39, 0.29) is 11.9 Å². The molecule has 1 aromatic rings. The van der Waals surface area contributed by atoms with Crippen molar-refractivity contribution in [3.05, 3.63) is 28.2 Å². The molecule has 1 N–H and O–H groups in total. The fourth-order valence-corrected chi connectivity index (χ4v) is 2.82. The van der Waals surface area contributed by atoms with Crippen molar-refractivity contribution in [2.45, 2.75) is 12.1 Å². The number of halogens is 1. The van der Waals surface area contributed by atoms with E-state index < -0.39 is 6.10 Å². The lowest BCUT2D eigenvalue weighted by Crippen LogP contribution is -2.38. The lowest BCUT2D eigenvalue weighted by atomic mass is 10.2. The molecule has 1 aliphatic rings. The number of β-amino-alcohol motifs (C(OH)–C–C–N with tert-alkyl or cyclic N) is 1. The number of benzene rings is 1. The Kier molecular flexibility index (Phi) is 4.67. The third-order valence-electron chi connectivity index (χ3n) is 3.61. The summed E-state index contributed by atoms with van der Waals surface area (Å²) in [6.07, 6.45) is -0.515. The van der Waals surface area contributed by atoms with E-state index in [0.717, 1.165) is 4.47 Å². The van der Waals surface area contributed by atoms with Crippen LogP contribution in [0.4, 0.5) is 0 Å². The van der Waals surface area contributed by atoms with Gasteiger partial charge in [-0.25, -0.2) is 0 Å². The molecule has 0 radical (unpaired) electrons. The molecule has 110 valence electrons. The van der Waals surface area contributed by atoms with Crippen molar-refractivity contribution in [1.29, 1.82) is 0 Å². The molecule has 0 unspecified atom stereocenters. The molecule has 2 rings (SSSR count). The zero-order chi connectivity index (χ0) is 14.9. The summed E-state index contributed by atoms with van der Waals surface area (Å²) in [6.45, 7) is 0.877. The Morgan fingerprint density at radius 3 is 2.70 bits per heavy atom. The number of rotatable bonds is 3. The molecule has 0 spiro atoms. The Labute approximate surface area is 127 Å². The number of carbonyl (C=O) groups excluding carboxylic acids is 1. The van der Waals surface area contributed by atoms with Gasteiger partial charge in [0.25, 0.3) is 5.91 Å². The molecule has 20 heavy (non-hydrogen) atoms. The average Bonchev–Trinajstić information content (AvgIpc) is 2.81. The maximum Gasteiger partial charge on any atom is 0.255 e. The van der Waals surface area contributed by atoms with Gasteiger partial charge < -0.3 is 19.6 Å². The van der Waals surface area contributed by atoms with Gasteiger partial charge in [-0.1, -0.05) is 0 Å². The number of carbonyl (C=O) groups is 1. The van der Waals surface area contributed by atoms with Crippen LogP contribution in [0, 0.1) is 0 Å². The molecule has 6 heteroatoms. The van der Waals surface area contributed by atoms with Crippen LogP contribution < -0.4 is 4.74 Å². The second-order valence-corrected chi connectivity index (χ2v) is 6.01. The molecule has 0 bridgehead atoms. The molecule has 1 fully saturated rings. The van der Waals surface area contributed by atoms with Gasteiger partial charge in [0.05, 0.1) is 24.8 Å². The van der Waals surface area contributed by atoms with Crippen molar-refractivity contribution in [2.75, 3.05) is 34.3 Å². The Morgan fingerprint density at radius 1 is 1.45 bits per heavy atom. The normalized spacial score (nSPS) is 22.4. The van der Waals surface area contributed by atoms with E-state index in [9.17, 15) is 9.90 Å². The molecular formula is C14H19BrN2O3. The van der Waals surface area contributed by atoms with Crippen LogP contribution in [0.15, 0.2) is 22.7 Å². The van der Waals surface area contributed by atoms with E-state index >= 15 is 0 Å². The molecule has 0 aliphatic carbocycles. The summed E-state index contributed by atoms with van der Waals surface area (Å²) in [6, 6.07) is 5.27. The molecule has 2 atom stereocenters. The number of methoxy groups -OCH3 is 1. The maximum absolute atomic E-state index is 12.6. The SMILES string of the molecule is COc1ccc(Br)c(C(=O)N2C[C@H](O)[C@@H](N(C)C)C2)c1. The van der Waals surface area contributed by atoms with Gasteiger partial charge in [-0.3, -0.25) is 4.79 Å². The topological polar surface area (TPSA) is 53.0 Å². The predicted octanol–water partition coefficient (Wildman–Crippen LogP) is 1.20. The number of aliphatic hydroxyl groups is 1. The number of ether oxygens (including phenoxy) is 1. The number of hydrogen-bond acceptors (Lipinski definition) is 4. The van der Waals surface area contributed by atoms with Gasteiger partial charge in [-0.05, 0) is 48.2 Å². The van der Waals surface area contributed by atoms with E-state index in [0.29, 0.717) is 24.4 Å². The minimum atomic E-state index is -0.515. The monoisotopic (exact) mass is 342 g/mol. The number of amides is 1. The van der Waals surface area contributed by atoms with Crippen LogP contribution in [0.5, 0.6) is 5.75 Å². The first-order chi connectivity index (χ1) is 9.43. The van der Waals surface area contributed by atoms with E-state index in [1.165, 1.54) is 0 Å². The molecule has 1 heterocycles. The third kappa shape index (κ3) is 2.97. The molecule has 1 saturated heterocycles. The summed E-state index contributed by atoms with van der Waals surface area (Å²) in [5.41, 5.74) is 0.552. The summed E-state index contributed by atoms with van der Waals surface area (Å²) in [4.78, 5) is 16.2. The van der Waals surface area contributed by atoms with Crippen LogP contribution in [-0.2, 0) is 0 Å². The van der Waals surface area contributed by atoms with Crippen molar-refractivity contribution < 1.29 is 14.6 Å². The van der Waals surface area contributed by atoms with Crippen molar-refractivity contribution >= 4 is 21.8 Å². The smallest absolute Gasteiger partial charge is 0.255 e. The summed E-state index contributed by atoms with van der Waals surface area (Å²) in [7, 11) is 5.38. The van der Waals surface area contributed by atoms with E-state index in [1.54, 1.807) is 30.2 Å². The lowest BCUT2D eigenvalue weighted by Gasteiger charge is -2.21. The van der Waals surface area contributed by atoms with Gasteiger partial charge in [0.15, 0.2) is 0 Å². The Morgan fingerprint density at radius 2 is 2.15 bits per heavy atom. The Balaban J connectivity index is 2.20.